The number of nitrogens with zero attached hydrogens (tertiary/aromatic N) is 1. The average Bonchev–Trinajstić information content (AvgIpc) is 2.81. The molecule has 3 N–H and O–H groups in total. The van der Waals surface area contributed by atoms with Gasteiger partial charge in [0.2, 0.25) is 5.91 Å². The zero-order chi connectivity index (χ0) is 12.0. The minimum Gasteiger partial charge on any atom is -0.393 e. The van der Waals surface area contributed by atoms with Gasteiger partial charge in [0.05, 0.1) is 6.10 Å². The van der Waals surface area contributed by atoms with E-state index < -0.39 is 0 Å². The second kappa shape index (κ2) is 4.25. The number of carbonyl (C=O) groups excluding carboxylic acids is 1. The summed E-state index contributed by atoms with van der Waals surface area (Å²) >= 11 is 0. The number of hydrogen-bond acceptors (Lipinski definition) is 3. The highest BCUT2D eigenvalue weighted by atomic mass is 16.3. The normalized spacial score (nSPS) is 45.3. The monoisotopic (exact) mass is 238 g/mol. The molecule has 3 aliphatic rings. The zero-order valence-electron chi connectivity index (χ0n) is 10.2. The molecule has 0 aromatic carbocycles. The average molecular weight is 238 g/mol. The first-order valence-corrected chi connectivity index (χ1v) is 6.91. The number of nitrogens with two attached hydrogens (primary N) is 1. The van der Waals surface area contributed by atoms with Crippen LogP contribution in [0.25, 0.3) is 0 Å². The minimum absolute atomic E-state index is 0.156. The van der Waals surface area contributed by atoms with Crippen LogP contribution in [0.1, 0.15) is 44.9 Å². The standard InChI is InChI=1S/C13H22N2O2/c14-9-2-1-8(5-9)13(17)15-10-3-4-11(15)7-12(16)6-10/h8-12,16H,1-7,14H2. The van der Waals surface area contributed by atoms with Crippen molar-refractivity contribution in [2.75, 3.05) is 0 Å². The Morgan fingerprint density at radius 2 is 1.71 bits per heavy atom. The predicted molar refractivity (Wildman–Crippen MR) is 64.2 cm³/mol. The summed E-state index contributed by atoms with van der Waals surface area (Å²) in [4.78, 5) is 14.6. The van der Waals surface area contributed by atoms with E-state index in [-0.39, 0.29) is 18.1 Å². The van der Waals surface area contributed by atoms with Crippen LogP contribution >= 0.6 is 0 Å². The number of amides is 1. The fourth-order valence-corrected chi connectivity index (χ4v) is 3.96. The Bertz CT molecular complexity index is 307. The summed E-state index contributed by atoms with van der Waals surface area (Å²) in [5.41, 5.74) is 5.89. The van der Waals surface area contributed by atoms with Crippen LogP contribution < -0.4 is 5.73 Å². The molecule has 2 bridgehead atoms. The van der Waals surface area contributed by atoms with Crippen molar-refractivity contribution in [3.05, 3.63) is 0 Å². The Labute approximate surface area is 102 Å². The van der Waals surface area contributed by atoms with Crippen molar-refractivity contribution in [2.24, 2.45) is 11.7 Å². The molecule has 4 heteroatoms. The zero-order valence-corrected chi connectivity index (χ0v) is 10.2. The highest BCUT2D eigenvalue weighted by Crippen LogP contribution is 2.38. The molecule has 0 spiro atoms. The van der Waals surface area contributed by atoms with Crippen LogP contribution in [0.5, 0.6) is 0 Å². The molecular formula is C13H22N2O2. The number of aliphatic hydroxyl groups excluding tert-OH is 1. The van der Waals surface area contributed by atoms with Gasteiger partial charge in [0, 0.05) is 24.0 Å². The molecule has 2 heterocycles. The van der Waals surface area contributed by atoms with E-state index in [0.29, 0.717) is 18.0 Å². The lowest BCUT2D eigenvalue weighted by Crippen LogP contribution is -2.50. The van der Waals surface area contributed by atoms with Crippen molar-refractivity contribution in [3.8, 4) is 0 Å². The van der Waals surface area contributed by atoms with E-state index in [9.17, 15) is 9.90 Å². The molecule has 0 aromatic heterocycles. The van der Waals surface area contributed by atoms with Gasteiger partial charge in [-0.1, -0.05) is 0 Å². The molecule has 1 saturated carbocycles. The molecular weight excluding hydrogens is 216 g/mol. The van der Waals surface area contributed by atoms with Gasteiger partial charge in [0.1, 0.15) is 0 Å². The second-order valence-electron chi connectivity index (χ2n) is 6.03. The molecule has 3 rings (SSSR count). The van der Waals surface area contributed by atoms with Crippen LogP contribution in [-0.4, -0.2) is 40.1 Å². The number of rotatable bonds is 1. The third kappa shape index (κ3) is 1.97. The molecule has 4 atom stereocenters. The van der Waals surface area contributed by atoms with Gasteiger partial charge < -0.3 is 15.7 Å². The Kier molecular flexibility index (Phi) is 2.87. The fourth-order valence-electron chi connectivity index (χ4n) is 3.96. The first-order valence-electron chi connectivity index (χ1n) is 6.91. The summed E-state index contributed by atoms with van der Waals surface area (Å²) in [5.74, 6) is 0.473. The lowest BCUT2D eigenvalue weighted by atomic mass is 9.96. The number of piperidine rings is 1. The first kappa shape index (κ1) is 11.5. The van der Waals surface area contributed by atoms with E-state index in [1.54, 1.807) is 0 Å². The maximum atomic E-state index is 12.5. The van der Waals surface area contributed by atoms with Gasteiger partial charge >= 0.3 is 0 Å². The van der Waals surface area contributed by atoms with E-state index in [4.69, 9.17) is 5.73 Å². The minimum atomic E-state index is -0.192. The summed E-state index contributed by atoms with van der Waals surface area (Å²) < 4.78 is 0. The quantitative estimate of drug-likeness (QED) is 0.704. The van der Waals surface area contributed by atoms with Crippen molar-refractivity contribution in [2.45, 2.75) is 69.2 Å². The molecule has 4 unspecified atom stereocenters. The molecule has 0 aromatic rings. The van der Waals surface area contributed by atoms with Gasteiger partial charge in [0.15, 0.2) is 0 Å². The van der Waals surface area contributed by atoms with Gasteiger partial charge in [0.25, 0.3) is 0 Å². The number of hydrogen-bond donors (Lipinski definition) is 2. The largest absolute Gasteiger partial charge is 0.393 e. The molecule has 3 fully saturated rings. The smallest absolute Gasteiger partial charge is 0.226 e. The van der Waals surface area contributed by atoms with Crippen molar-refractivity contribution < 1.29 is 9.90 Å². The van der Waals surface area contributed by atoms with E-state index in [1.165, 1.54) is 0 Å². The Balaban J connectivity index is 1.70. The van der Waals surface area contributed by atoms with E-state index in [1.807, 2.05) is 0 Å². The van der Waals surface area contributed by atoms with Crippen LogP contribution in [0.3, 0.4) is 0 Å². The molecule has 2 saturated heterocycles. The summed E-state index contributed by atoms with van der Waals surface area (Å²) in [6.45, 7) is 0. The Hall–Kier alpha value is -0.610. The number of fused-ring (bicyclic) bond motifs is 2. The molecule has 96 valence electrons. The van der Waals surface area contributed by atoms with Crippen molar-refractivity contribution >= 4 is 5.91 Å². The Morgan fingerprint density at radius 1 is 1.06 bits per heavy atom. The van der Waals surface area contributed by atoms with Crippen LogP contribution in [0.2, 0.25) is 0 Å². The van der Waals surface area contributed by atoms with E-state index in [2.05, 4.69) is 4.90 Å². The van der Waals surface area contributed by atoms with Gasteiger partial charge in [-0.25, -0.2) is 0 Å². The summed E-state index contributed by atoms with van der Waals surface area (Å²) in [6.07, 6.45) is 6.32. The molecule has 4 nitrogen and oxygen atoms in total. The lowest BCUT2D eigenvalue weighted by Gasteiger charge is -2.38. The van der Waals surface area contributed by atoms with Crippen LogP contribution in [0.4, 0.5) is 0 Å². The van der Waals surface area contributed by atoms with Gasteiger partial charge in [-0.3, -0.25) is 4.79 Å². The van der Waals surface area contributed by atoms with Crippen LogP contribution in [0.15, 0.2) is 0 Å². The fraction of sp³-hybridized carbons (Fsp3) is 0.923. The molecule has 1 amide bonds. The summed E-state index contributed by atoms with van der Waals surface area (Å²) in [5, 5.41) is 9.74. The number of carbonyl (C=O) groups is 1. The van der Waals surface area contributed by atoms with Gasteiger partial charge in [-0.2, -0.15) is 0 Å². The Morgan fingerprint density at radius 3 is 2.24 bits per heavy atom. The molecule has 17 heavy (non-hydrogen) atoms. The van der Waals surface area contributed by atoms with E-state index in [0.717, 1.165) is 44.9 Å². The van der Waals surface area contributed by atoms with Crippen LogP contribution in [-0.2, 0) is 4.79 Å². The SMILES string of the molecule is NC1CCC(C(=O)N2C3CCC2CC(O)C3)C1. The van der Waals surface area contributed by atoms with Crippen molar-refractivity contribution in [3.63, 3.8) is 0 Å². The first-order chi connectivity index (χ1) is 8.15. The topological polar surface area (TPSA) is 66.6 Å². The van der Waals surface area contributed by atoms with Gasteiger partial charge in [-0.15, -0.1) is 0 Å². The lowest BCUT2D eigenvalue weighted by molar-refractivity contribution is -0.141. The van der Waals surface area contributed by atoms with Gasteiger partial charge in [-0.05, 0) is 44.9 Å². The molecule has 2 aliphatic heterocycles. The second-order valence-corrected chi connectivity index (χ2v) is 6.03. The van der Waals surface area contributed by atoms with Crippen molar-refractivity contribution in [1.29, 1.82) is 0 Å². The maximum Gasteiger partial charge on any atom is 0.226 e. The van der Waals surface area contributed by atoms with E-state index >= 15 is 0 Å². The third-order valence-electron chi connectivity index (χ3n) is 4.79. The molecule has 1 aliphatic carbocycles. The highest BCUT2D eigenvalue weighted by Gasteiger charge is 2.45. The maximum absolute atomic E-state index is 12.5. The third-order valence-corrected chi connectivity index (χ3v) is 4.79. The molecule has 0 radical (unpaired) electrons. The highest BCUT2D eigenvalue weighted by molar-refractivity contribution is 5.80. The van der Waals surface area contributed by atoms with Crippen LogP contribution in [0, 0.1) is 5.92 Å². The summed E-state index contributed by atoms with van der Waals surface area (Å²) in [7, 11) is 0. The number of aliphatic hydroxyl groups is 1. The predicted octanol–water partition coefficient (Wildman–Crippen LogP) is 0.628. The summed E-state index contributed by atoms with van der Waals surface area (Å²) in [6, 6.07) is 0.818. The van der Waals surface area contributed by atoms with Crippen molar-refractivity contribution in [1.82, 2.24) is 4.90 Å².